The van der Waals surface area contributed by atoms with Crippen molar-refractivity contribution in [3.63, 3.8) is 0 Å². The van der Waals surface area contributed by atoms with Gasteiger partial charge in [-0.05, 0) is 59.3 Å². The average molecular weight is 447 g/mol. The van der Waals surface area contributed by atoms with Gasteiger partial charge in [-0.2, -0.15) is 0 Å². The number of nitrogens with one attached hydrogen (secondary N) is 2. The summed E-state index contributed by atoms with van der Waals surface area (Å²) in [7, 11) is 0. The minimum atomic E-state index is -0.358. The number of aryl methyl sites for hydroxylation is 1. The Morgan fingerprint density at radius 2 is 1.91 bits per heavy atom. The number of fused-ring (bicyclic) bond motifs is 1. The van der Waals surface area contributed by atoms with Crippen molar-refractivity contribution < 1.29 is 4.79 Å². The number of hydrogen-bond acceptors (Lipinski definition) is 3. The van der Waals surface area contributed by atoms with Crippen molar-refractivity contribution in [1.29, 1.82) is 0 Å². The minimum absolute atomic E-state index is 0.132. The zero-order valence-electron chi connectivity index (χ0n) is 17.6. The molecule has 2 aromatic heterocycles. The number of pyridine rings is 2. The number of carbonyl (C=O) groups excluding carboxylic acids is 1. The van der Waals surface area contributed by atoms with Gasteiger partial charge in [-0.25, -0.2) is 4.79 Å². The molecule has 0 aliphatic heterocycles. The first-order valence-electron chi connectivity index (χ1n) is 10.4. The lowest BCUT2D eigenvalue weighted by atomic mass is 10.1. The largest absolute Gasteiger partial charge is 0.322 e. The van der Waals surface area contributed by atoms with Gasteiger partial charge in [0.15, 0.2) is 0 Å². The van der Waals surface area contributed by atoms with E-state index in [1.807, 2.05) is 30.3 Å². The zero-order chi connectivity index (χ0) is 22.5. The van der Waals surface area contributed by atoms with Crippen LogP contribution in [0.2, 0.25) is 5.02 Å². The first-order chi connectivity index (χ1) is 15.5. The Morgan fingerprint density at radius 1 is 1.06 bits per heavy atom. The van der Waals surface area contributed by atoms with Crippen LogP contribution < -0.4 is 10.9 Å². The SMILES string of the molecule is CCc1ccc2[nH]c(=O)c(CN(Cc3cccnc3)C(=O)Nc3ccccc3Cl)cc2c1. The second-order valence-electron chi connectivity index (χ2n) is 7.53. The van der Waals surface area contributed by atoms with Crippen LogP contribution in [-0.4, -0.2) is 20.9 Å². The van der Waals surface area contributed by atoms with Gasteiger partial charge in [0, 0.05) is 30.0 Å². The van der Waals surface area contributed by atoms with Crippen LogP contribution in [0.25, 0.3) is 10.9 Å². The van der Waals surface area contributed by atoms with E-state index < -0.39 is 0 Å². The number of carbonyl (C=O) groups is 1. The molecule has 0 aliphatic rings. The summed E-state index contributed by atoms with van der Waals surface area (Å²) < 4.78 is 0. The first kappa shape index (κ1) is 21.6. The number of rotatable bonds is 6. The highest BCUT2D eigenvalue weighted by Crippen LogP contribution is 2.22. The second kappa shape index (κ2) is 9.66. The van der Waals surface area contributed by atoms with E-state index >= 15 is 0 Å². The number of nitrogens with zero attached hydrogens (tertiary/aromatic N) is 2. The fourth-order valence-corrected chi connectivity index (χ4v) is 3.70. The van der Waals surface area contributed by atoms with E-state index in [4.69, 9.17) is 11.6 Å². The molecule has 32 heavy (non-hydrogen) atoms. The molecular formula is C25H23ClN4O2. The van der Waals surface area contributed by atoms with Gasteiger partial charge in [0.05, 0.1) is 17.3 Å². The number of hydrogen-bond donors (Lipinski definition) is 2. The Morgan fingerprint density at radius 3 is 2.66 bits per heavy atom. The summed E-state index contributed by atoms with van der Waals surface area (Å²) in [4.78, 5) is 34.6. The summed E-state index contributed by atoms with van der Waals surface area (Å²) >= 11 is 6.21. The molecule has 7 heteroatoms. The van der Waals surface area contributed by atoms with Gasteiger partial charge in [-0.1, -0.05) is 42.8 Å². The monoisotopic (exact) mass is 446 g/mol. The lowest BCUT2D eigenvalue weighted by Gasteiger charge is -2.23. The molecule has 0 radical (unpaired) electrons. The van der Waals surface area contributed by atoms with Crippen LogP contribution in [0.3, 0.4) is 0 Å². The van der Waals surface area contributed by atoms with Crippen molar-refractivity contribution >= 4 is 34.2 Å². The zero-order valence-corrected chi connectivity index (χ0v) is 18.4. The van der Waals surface area contributed by atoms with E-state index in [1.165, 1.54) is 5.56 Å². The number of anilines is 1. The summed E-state index contributed by atoms with van der Waals surface area (Å²) in [6.45, 7) is 2.51. The number of urea groups is 1. The predicted molar refractivity (Wildman–Crippen MR) is 128 cm³/mol. The number of aromatic amines is 1. The van der Waals surface area contributed by atoms with Crippen molar-refractivity contribution in [2.45, 2.75) is 26.4 Å². The van der Waals surface area contributed by atoms with E-state index in [1.54, 1.807) is 41.6 Å². The fraction of sp³-hybridized carbons (Fsp3) is 0.160. The normalized spacial score (nSPS) is 10.8. The number of benzene rings is 2. The Balaban J connectivity index is 1.66. The van der Waals surface area contributed by atoms with E-state index in [0.717, 1.165) is 22.9 Å². The number of para-hydroxylation sites is 1. The smallest absolute Gasteiger partial charge is 0.322 e. The first-order valence-corrected chi connectivity index (χ1v) is 10.8. The van der Waals surface area contributed by atoms with E-state index in [0.29, 0.717) is 16.3 Å². The topological polar surface area (TPSA) is 78.1 Å². The summed E-state index contributed by atoms with van der Waals surface area (Å²) in [6.07, 6.45) is 4.28. The molecule has 0 saturated carbocycles. The summed E-state index contributed by atoms with van der Waals surface area (Å²) in [6, 6.07) is 18.2. The number of halogens is 1. The van der Waals surface area contributed by atoms with Gasteiger partial charge in [0.1, 0.15) is 0 Å². The van der Waals surface area contributed by atoms with Crippen LogP contribution >= 0.6 is 11.6 Å². The van der Waals surface area contributed by atoms with Crippen molar-refractivity contribution in [2.75, 3.05) is 5.32 Å². The Bertz CT molecular complexity index is 1300. The molecule has 4 aromatic rings. The third kappa shape index (κ3) is 4.98. The number of aromatic nitrogens is 2. The molecule has 2 N–H and O–H groups in total. The van der Waals surface area contributed by atoms with E-state index in [9.17, 15) is 9.59 Å². The van der Waals surface area contributed by atoms with Gasteiger partial charge in [0.25, 0.3) is 5.56 Å². The Hall–Kier alpha value is -3.64. The molecule has 4 rings (SSSR count). The van der Waals surface area contributed by atoms with Crippen LogP contribution in [0.5, 0.6) is 0 Å². The predicted octanol–water partition coefficient (Wildman–Crippen LogP) is 5.37. The van der Waals surface area contributed by atoms with E-state index in [-0.39, 0.29) is 24.7 Å². The molecule has 6 nitrogen and oxygen atoms in total. The van der Waals surface area contributed by atoms with Gasteiger partial charge in [-0.15, -0.1) is 0 Å². The average Bonchev–Trinajstić information content (AvgIpc) is 2.81. The van der Waals surface area contributed by atoms with Crippen molar-refractivity contribution in [3.05, 3.63) is 105 Å². The third-order valence-corrected chi connectivity index (χ3v) is 5.58. The van der Waals surface area contributed by atoms with Gasteiger partial charge in [-0.3, -0.25) is 9.78 Å². The van der Waals surface area contributed by atoms with Gasteiger partial charge >= 0.3 is 6.03 Å². The number of amides is 2. The molecule has 0 atom stereocenters. The highest BCUT2D eigenvalue weighted by molar-refractivity contribution is 6.33. The van der Waals surface area contributed by atoms with Crippen LogP contribution in [0.4, 0.5) is 10.5 Å². The molecule has 0 saturated heterocycles. The standard InChI is InChI=1S/C25H23ClN4O2/c1-2-17-9-10-22-19(12-17)13-20(24(31)28-22)16-30(15-18-6-5-11-27-14-18)25(32)29-23-8-4-3-7-21(23)26/h3-14H,2,15-16H2,1H3,(H,28,31)(H,29,32). The van der Waals surface area contributed by atoms with Gasteiger partial charge < -0.3 is 15.2 Å². The van der Waals surface area contributed by atoms with Crippen molar-refractivity contribution in [2.24, 2.45) is 0 Å². The number of H-pyrrole nitrogens is 1. The molecule has 0 aliphatic carbocycles. The van der Waals surface area contributed by atoms with Crippen LogP contribution in [0.15, 0.2) is 77.9 Å². The highest BCUT2D eigenvalue weighted by atomic mass is 35.5. The molecule has 0 bridgehead atoms. The summed E-state index contributed by atoms with van der Waals surface area (Å²) in [5.74, 6) is 0. The second-order valence-corrected chi connectivity index (χ2v) is 7.93. The maximum absolute atomic E-state index is 13.2. The molecule has 162 valence electrons. The summed E-state index contributed by atoms with van der Waals surface area (Å²) in [5, 5.41) is 4.23. The quantitative estimate of drug-likeness (QED) is 0.417. The Labute approximate surface area is 190 Å². The molecule has 2 heterocycles. The molecule has 2 aromatic carbocycles. The molecular weight excluding hydrogens is 424 g/mol. The lowest BCUT2D eigenvalue weighted by molar-refractivity contribution is 0.206. The van der Waals surface area contributed by atoms with E-state index in [2.05, 4.69) is 28.3 Å². The van der Waals surface area contributed by atoms with Gasteiger partial charge in [0.2, 0.25) is 0 Å². The minimum Gasteiger partial charge on any atom is -0.322 e. The third-order valence-electron chi connectivity index (χ3n) is 5.25. The molecule has 0 unspecified atom stereocenters. The van der Waals surface area contributed by atoms with Crippen LogP contribution in [0, 0.1) is 0 Å². The van der Waals surface area contributed by atoms with Crippen LogP contribution in [-0.2, 0) is 19.5 Å². The molecule has 2 amide bonds. The molecule has 0 spiro atoms. The maximum atomic E-state index is 13.2. The highest BCUT2D eigenvalue weighted by Gasteiger charge is 2.18. The van der Waals surface area contributed by atoms with Crippen LogP contribution in [0.1, 0.15) is 23.6 Å². The van der Waals surface area contributed by atoms with Crippen molar-refractivity contribution in [1.82, 2.24) is 14.9 Å². The fourth-order valence-electron chi connectivity index (χ4n) is 3.51. The Kier molecular flexibility index (Phi) is 6.52. The molecule has 0 fully saturated rings. The lowest BCUT2D eigenvalue weighted by Crippen LogP contribution is -2.35. The summed E-state index contributed by atoms with van der Waals surface area (Å²) in [5.41, 5.74) is 3.60. The van der Waals surface area contributed by atoms with Crippen molar-refractivity contribution in [3.8, 4) is 0 Å². The maximum Gasteiger partial charge on any atom is 0.322 e.